The van der Waals surface area contributed by atoms with Gasteiger partial charge in [-0.25, -0.2) is 4.79 Å². The lowest BCUT2D eigenvalue weighted by atomic mass is 9.80. The van der Waals surface area contributed by atoms with Crippen LogP contribution in [0.1, 0.15) is 35.3 Å². The lowest BCUT2D eigenvalue weighted by molar-refractivity contribution is -0.156. The van der Waals surface area contributed by atoms with Crippen LogP contribution in [0.15, 0.2) is 34.5 Å². The largest absolute Gasteiger partial charge is 0.468 e. The van der Waals surface area contributed by atoms with Crippen LogP contribution in [0.25, 0.3) is 0 Å². The van der Waals surface area contributed by atoms with Gasteiger partial charge >= 0.3 is 17.9 Å². The molecule has 1 aliphatic heterocycles. The molecule has 0 spiro atoms. The van der Waals surface area contributed by atoms with Crippen LogP contribution in [0.4, 0.5) is 0 Å². The lowest BCUT2D eigenvalue weighted by Gasteiger charge is -2.29. The zero-order chi connectivity index (χ0) is 22.6. The zero-order valence-corrected chi connectivity index (χ0v) is 17.9. The Bertz CT molecular complexity index is 958. The number of aliphatic imine (C=N–C) groups is 1. The van der Waals surface area contributed by atoms with E-state index in [-0.39, 0.29) is 11.3 Å². The van der Waals surface area contributed by atoms with Crippen molar-refractivity contribution >= 4 is 29.4 Å². The van der Waals surface area contributed by atoms with Crippen molar-refractivity contribution < 1.29 is 33.4 Å². The maximum Gasteiger partial charge on any atom is 0.336 e. The predicted octanol–water partition coefficient (Wildman–Crippen LogP) is 2.36. The molecule has 0 bridgehead atoms. The molecule has 0 radical (unpaired) electrons. The van der Waals surface area contributed by atoms with Crippen LogP contribution >= 0.6 is 0 Å². The van der Waals surface area contributed by atoms with Crippen molar-refractivity contribution in [2.75, 3.05) is 20.8 Å². The molecule has 0 saturated heterocycles. The quantitative estimate of drug-likeness (QED) is 0.399. The van der Waals surface area contributed by atoms with Gasteiger partial charge in [0.05, 0.1) is 19.8 Å². The van der Waals surface area contributed by atoms with Crippen LogP contribution in [0.2, 0.25) is 0 Å². The third-order valence-corrected chi connectivity index (χ3v) is 4.97. The molecule has 160 valence electrons. The number of benzene rings is 1. The average Bonchev–Trinajstić information content (AvgIpc) is 2.70. The van der Waals surface area contributed by atoms with Gasteiger partial charge in [-0.15, -0.1) is 0 Å². The fourth-order valence-corrected chi connectivity index (χ4v) is 3.53. The molecule has 1 aromatic rings. The summed E-state index contributed by atoms with van der Waals surface area (Å²) in [6.07, 6.45) is 0. The van der Waals surface area contributed by atoms with Crippen molar-refractivity contribution in [3.63, 3.8) is 0 Å². The van der Waals surface area contributed by atoms with Gasteiger partial charge in [0.2, 0.25) is 5.78 Å². The second-order valence-electron chi connectivity index (χ2n) is 7.07. The highest BCUT2D eigenvalue weighted by atomic mass is 16.5. The summed E-state index contributed by atoms with van der Waals surface area (Å²) < 4.78 is 14.8. The minimum atomic E-state index is -1.32. The SMILES string of the molecule is COC(=O)C1=C(C)N=C(C)C(C(=O)OC)[C@H]1C(=O)OCC(=O)c1ccc(C)cc1C. The molecule has 8 heteroatoms. The van der Waals surface area contributed by atoms with Gasteiger partial charge in [0, 0.05) is 17.0 Å². The van der Waals surface area contributed by atoms with Crippen molar-refractivity contribution in [2.24, 2.45) is 16.8 Å². The summed E-state index contributed by atoms with van der Waals surface area (Å²) in [6, 6.07) is 5.31. The number of carbonyl (C=O) groups is 4. The molecule has 0 amide bonds. The first-order valence-electron chi connectivity index (χ1n) is 9.31. The molecule has 30 heavy (non-hydrogen) atoms. The molecule has 0 aliphatic carbocycles. The molecular formula is C22H25NO7. The first kappa shape index (κ1) is 23.0. The van der Waals surface area contributed by atoms with E-state index in [4.69, 9.17) is 14.2 Å². The van der Waals surface area contributed by atoms with E-state index in [1.165, 1.54) is 14.0 Å². The van der Waals surface area contributed by atoms with Crippen LogP contribution in [0.3, 0.4) is 0 Å². The molecule has 1 aromatic carbocycles. The van der Waals surface area contributed by atoms with E-state index in [2.05, 4.69) is 4.99 Å². The Labute approximate surface area is 174 Å². The number of ether oxygens (including phenoxy) is 3. The van der Waals surface area contributed by atoms with E-state index in [9.17, 15) is 19.2 Å². The van der Waals surface area contributed by atoms with E-state index in [1.54, 1.807) is 26.0 Å². The monoisotopic (exact) mass is 415 g/mol. The molecule has 1 unspecified atom stereocenters. The summed E-state index contributed by atoms with van der Waals surface area (Å²) in [6.45, 7) is 6.25. The minimum absolute atomic E-state index is 0.0949. The molecule has 2 rings (SSSR count). The van der Waals surface area contributed by atoms with Crippen molar-refractivity contribution in [3.8, 4) is 0 Å². The number of hydrogen-bond acceptors (Lipinski definition) is 8. The summed E-state index contributed by atoms with van der Waals surface area (Å²) in [5, 5.41) is 0. The van der Waals surface area contributed by atoms with Crippen LogP contribution in [0.5, 0.6) is 0 Å². The smallest absolute Gasteiger partial charge is 0.336 e. The van der Waals surface area contributed by atoms with Gasteiger partial charge in [-0.3, -0.25) is 19.4 Å². The van der Waals surface area contributed by atoms with Gasteiger partial charge in [-0.2, -0.15) is 0 Å². The Morgan fingerprint density at radius 1 is 0.933 bits per heavy atom. The highest BCUT2D eigenvalue weighted by molar-refractivity contribution is 6.10. The van der Waals surface area contributed by atoms with Crippen LogP contribution in [-0.2, 0) is 28.6 Å². The fourth-order valence-electron chi connectivity index (χ4n) is 3.53. The number of nitrogens with zero attached hydrogens (tertiary/aromatic N) is 1. The third kappa shape index (κ3) is 4.64. The molecule has 0 aromatic heterocycles. The second kappa shape index (κ2) is 9.47. The fraction of sp³-hybridized carbons (Fsp3) is 0.409. The van der Waals surface area contributed by atoms with Crippen molar-refractivity contribution in [1.82, 2.24) is 0 Å². The van der Waals surface area contributed by atoms with E-state index in [0.717, 1.165) is 18.2 Å². The maximum atomic E-state index is 12.9. The molecule has 0 saturated carbocycles. The van der Waals surface area contributed by atoms with Gasteiger partial charge < -0.3 is 14.2 Å². The molecule has 2 atom stereocenters. The number of carbonyl (C=O) groups excluding carboxylic acids is 4. The number of esters is 3. The Balaban J connectivity index is 2.32. The van der Waals surface area contributed by atoms with Crippen molar-refractivity contribution in [1.29, 1.82) is 0 Å². The maximum absolute atomic E-state index is 12.9. The van der Waals surface area contributed by atoms with Crippen LogP contribution < -0.4 is 0 Å². The Morgan fingerprint density at radius 3 is 2.17 bits per heavy atom. The molecule has 1 heterocycles. The number of aryl methyl sites for hydroxylation is 2. The van der Waals surface area contributed by atoms with E-state index >= 15 is 0 Å². The summed E-state index contributed by atoms with van der Waals surface area (Å²) in [4.78, 5) is 54.3. The summed E-state index contributed by atoms with van der Waals surface area (Å²) in [5.41, 5.74) is 2.64. The first-order chi connectivity index (χ1) is 14.1. The summed E-state index contributed by atoms with van der Waals surface area (Å²) in [7, 11) is 2.33. The second-order valence-corrected chi connectivity index (χ2v) is 7.07. The number of methoxy groups -OCH3 is 2. The molecule has 0 fully saturated rings. The average molecular weight is 415 g/mol. The van der Waals surface area contributed by atoms with E-state index < -0.39 is 42.1 Å². The Morgan fingerprint density at radius 2 is 1.60 bits per heavy atom. The Kier molecular flexibility index (Phi) is 7.26. The van der Waals surface area contributed by atoms with Gasteiger partial charge in [-0.1, -0.05) is 23.8 Å². The lowest BCUT2D eigenvalue weighted by Crippen LogP contribution is -2.42. The highest BCUT2D eigenvalue weighted by Gasteiger charge is 2.46. The molecule has 0 N–H and O–H groups in total. The topological polar surface area (TPSA) is 108 Å². The zero-order valence-electron chi connectivity index (χ0n) is 17.9. The normalized spacial score (nSPS) is 18.4. The van der Waals surface area contributed by atoms with Gasteiger partial charge in [0.1, 0.15) is 11.8 Å². The van der Waals surface area contributed by atoms with Gasteiger partial charge in [-0.05, 0) is 33.3 Å². The molecule has 1 aliphatic rings. The van der Waals surface area contributed by atoms with E-state index in [1.807, 2.05) is 13.0 Å². The highest BCUT2D eigenvalue weighted by Crippen LogP contribution is 2.33. The first-order valence-corrected chi connectivity index (χ1v) is 9.31. The third-order valence-electron chi connectivity index (χ3n) is 4.97. The van der Waals surface area contributed by atoms with E-state index in [0.29, 0.717) is 11.3 Å². The van der Waals surface area contributed by atoms with Gasteiger partial charge in [0.25, 0.3) is 0 Å². The van der Waals surface area contributed by atoms with Crippen molar-refractivity contribution in [2.45, 2.75) is 27.7 Å². The number of rotatable bonds is 6. The summed E-state index contributed by atoms with van der Waals surface area (Å²) in [5.74, 6) is -5.33. The van der Waals surface area contributed by atoms with Gasteiger partial charge in [0.15, 0.2) is 6.61 Å². The number of ketones is 1. The number of hydrogen-bond donors (Lipinski definition) is 0. The standard InChI is InChI=1S/C22H25NO7/c1-11-7-8-15(12(2)9-11)16(24)10-30-22(27)19-17(20(25)28-5)13(3)23-14(4)18(19)21(26)29-6/h7-9,17,19H,10H2,1-6H3/t17?,19-/m1/s1. The number of allylic oxidation sites excluding steroid dienone is 1. The predicted molar refractivity (Wildman–Crippen MR) is 108 cm³/mol. The van der Waals surface area contributed by atoms with Crippen LogP contribution in [-0.4, -0.2) is 50.2 Å². The summed E-state index contributed by atoms with van der Waals surface area (Å²) >= 11 is 0. The molecule has 8 nitrogen and oxygen atoms in total. The number of Topliss-reactive ketones (excluding diaryl/α,β-unsaturated/α-hetero) is 1. The van der Waals surface area contributed by atoms with Crippen LogP contribution in [0, 0.1) is 25.7 Å². The van der Waals surface area contributed by atoms with Crippen molar-refractivity contribution in [3.05, 3.63) is 46.2 Å². The Hall–Kier alpha value is -3.29. The molecular weight excluding hydrogens is 390 g/mol. The minimum Gasteiger partial charge on any atom is -0.468 e.